The fourth-order valence-corrected chi connectivity index (χ4v) is 1.47. The van der Waals surface area contributed by atoms with Gasteiger partial charge < -0.3 is 15.0 Å². The van der Waals surface area contributed by atoms with E-state index in [-0.39, 0.29) is 18.0 Å². The maximum atomic E-state index is 11.3. The van der Waals surface area contributed by atoms with E-state index in [0.29, 0.717) is 13.1 Å². The number of nitrogens with one attached hydrogen (secondary N) is 1. The lowest BCUT2D eigenvalue weighted by molar-refractivity contribution is -0.136. The molecule has 1 aliphatic heterocycles. The van der Waals surface area contributed by atoms with Crippen LogP contribution < -0.4 is 5.32 Å². The van der Waals surface area contributed by atoms with Gasteiger partial charge in [-0.25, -0.2) is 0 Å². The summed E-state index contributed by atoms with van der Waals surface area (Å²) in [6, 6.07) is 0. The summed E-state index contributed by atoms with van der Waals surface area (Å²) in [7, 11) is 1.50. The Hall–Kier alpha value is -0.320. The van der Waals surface area contributed by atoms with Crippen molar-refractivity contribution in [2.24, 2.45) is 0 Å². The van der Waals surface area contributed by atoms with Crippen molar-refractivity contribution in [3.63, 3.8) is 0 Å². The number of hydrogen-bond acceptors (Lipinski definition) is 3. The highest BCUT2D eigenvalue weighted by atomic mass is 35.5. The van der Waals surface area contributed by atoms with Gasteiger partial charge in [-0.15, -0.1) is 0 Å². The molecule has 0 aromatic carbocycles. The number of halogens is 1. The van der Waals surface area contributed by atoms with Crippen LogP contribution in [0.25, 0.3) is 0 Å². The summed E-state index contributed by atoms with van der Waals surface area (Å²) in [5, 5.41) is 3.09. The molecule has 5 heteroatoms. The number of ether oxygens (including phenoxy) is 1. The zero-order valence-electron chi connectivity index (χ0n) is 7.05. The molecular weight excluding hydrogens is 180 g/mol. The molecule has 4 nitrogen and oxygen atoms in total. The fourth-order valence-electron chi connectivity index (χ4n) is 1.16. The van der Waals surface area contributed by atoms with Crippen LogP contribution in [0, 0.1) is 0 Å². The Kier molecular flexibility index (Phi) is 3.78. The minimum absolute atomic E-state index is 0.0426. The van der Waals surface area contributed by atoms with Crippen molar-refractivity contribution in [1.82, 2.24) is 10.2 Å². The first-order valence-electron chi connectivity index (χ1n) is 3.89. The second kappa shape index (κ2) is 4.64. The Morgan fingerprint density at radius 2 is 2.58 bits per heavy atom. The van der Waals surface area contributed by atoms with E-state index in [1.165, 1.54) is 7.11 Å². The zero-order valence-corrected chi connectivity index (χ0v) is 7.80. The van der Waals surface area contributed by atoms with Gasteiger partial charge in [0.05, 0.1) is 0 Å². The predicted octanol–water partition coefficient (Wildman–Crippen LogP) is -0.370. The summed E-state index contributed by atoms with van der Waals surface area (Å²) in [6.45, 7) is 2.23. The highest BCUT2D eigenvalue weighted by molar-refractivity contribution is 6.21. The van der Waals surface area contributed by atoms with Crippen molar-refractivity contribution in [3.05, 3.63) is 0 Å². The summed E-state index contributed by atoms with van der Waals surface area (Å²) in [5.41, 5.74) is -0.235. The minimum Gasteiger partial charge on any atom is -0.375 e. The molecule has 1 aliphatic rings. The minimum atomic E-state index is -0.235. The van der Waals surface area contributed by atoms with Gasteiger partial charge in [0.15, 0.2) is 0 Å². The molecule has 1 rings (SSSR count). The van der Waals surface area contributed by atoms with Crippen molar-refractivity contribution >= 4 is 17.5 Å². The molecule has 1 unspecified atom stereocenters. The predicted molar refractivity (Wildman–Crippen MR) is 46.1 cm³/mol. The van der Waals surface area contributed by atoms with Crippen molar-refractivity contribution < 1.29 is 9.53 Å². The molecule has 1 heterocycles. The molecule has 1 fully saturated rings. The summed E-state index contributed by atoms with van der Waals surface area (Å²) in [4.78, 5) is 12.9. The molecule has 0 spiro atoms. The van der Waals surface area contributed by atoms with E-state index in [1.807, 2.05) is 0 Å². The molecule has 1 N–H and O–H groups in total. The number of piperazine rings is 1. The van der Waals surface area contributed by atoms with Crippen LogP contribution in [0.4, 0.5) is 0 Å². The summed E-state index contributed by atoms with van der Waals surface area (Å²) in [6.07, 6.45) is 0. The van der Waals surface area contributed by atoms with Crippen LogP contribution in [-0.4, -0.2) is 49.7 Å². The first-order valence-corrected chi connectivity index (χ1v) is 4.32. The number of carbonyl (C=O) groups excluding carboxylic acids is 1. The van der Waals surface area contributed by atoms with Crippen LogP contribution in [0.5, 0.6) is 0 Å². The quantitative estimate of drug-likeness (QED) is 0.480. The normalized spacial score (nSPS) is 24.2. The number of alkyl halides is 1. The van der Waals surface area contributed by atoms with E-state index in [1.54, 1.807) is 4.90 Å². The van der Waals surface area contributed by atoms with Gasteiger partial charge in [-0.3, -0.25) is 4.79 Å². The maximum absolute atomic E-state index is 11.3. The molecule has 0 aliphatic carbocycles. The van der Waals surface area contributed by atoms with Crippen molar-refractivity contribution in [2.75, 3.05) is 33.4 Å². The number of nitrogens with zero attached hydrogens (tertiary/aromatic N) is 1. The van der Waals surface area contributed by atoms with E-state index in [2.05, 4.69) is 5.32 Å². The first kappa shape index (κ1) is 9.77. The van der Waals surface area contributed by atoms with E-state index >= 15 is 0 Å². The number of rotatable bonds is 2. The van der Waals surface area contributed by atoms with Gasteiger partial charge in [0, 0.05) is 26.7 Å². The van der Waals surface area contributed by atoms with Crippen molar-refractivity contribution in [3.8, 4) is 0 Å². The highest BCUT2D eigenvalue weighted by Crippen LogP contribution is 2.07. The largest absolute Gasteiger partial charge is 0.375 e. The van der Waals surface area contributed by atoms with Gasteiger partial charge in [-0.2, -0.15) is 0 Å². The van der Waals surface area contributed by atoms with E-state index in [4.69, 9.17) is 16.3 Å². The van der Waals surface area contributed by atoms with Crippen molar-refractivity contribution in [2.45, 2.75) is 5.50 Å². The van der Waals surface area contributed by atoms with Gasteiger partial charge in [0.25, 0.3) is 0 Å². The molecule has 0 aromatic rings. The van der Waals surface area contributed by atoms with Crippen molar-refractivity contribution in [1.29, 1.82) is 0 Å². The molecule has 1 atom stereocenters. The topological polar surface area (TPSA) is 41.6 Å². The molecular formula is C7H13ClN2O2. The Bertz CT molecular complexity index is 165. The monoisotopic (exact) mass is 192 g/mol. The number of methoxy groups -OCH3 is 1. The number of amides is 1. The van der Waals surface area contributed by atoms with E-state index in [0.717, 1.165) is 6.54 Å². The van der Waals surface area contributed by atoms with Crippen LogP contribution in [0.2, 0.25) is 0 Å². The summed E-state index contributed by atoms with van der Waals surface area (Å²) >= 11 is 5.90. The van der Waals surface area contributed by atoms with E-state index < -0.39 is 0 Å². The zero-order chi connectivity index (χ0) is 8.97. The number of carbonyl (C=O) groups is 1. The van der Waals surface area contributed by atoms with Gasteiger partial charge in [0.1, 0.15) is 12.1 Å². The SMILES string of the molecule is COCC(=O)N1CCNCC1Cl. The smallest absolute Gasteiger partial charge is 0.249 e. The summed E-state index contributed by atoms with van der Waals surface area (Å²) in [5.74, 6) is -0.0426. The third-order valence-corrected chi connectivity index (χ3v) is 2.16. The van der Waals surface area contributed by atoms with E-state index in [9.17, 15) is 4.79 Å². The second-order valence-electron chi connectivity index (χ2n) is 2.66. The van der Waals surface area contributed by atoms with Crippen LogP contribution in [0.15, 0.2) is 0 Å². The fraction of sp³-hybridized carbons (Fsp3) is 0.857. The number of hydrogen-bond donors (Lipinski definition) is 1. The standard InChI is InChI=1S/C7H13ClN2O2/c1-12-5-7(11)10-3-2-9-4-6(10)8/h6,9H,2-5H2,1H3. The molecule has 12 heavy (non-hydrogen) atoms. The Morgan fingerprint density at radius 1 is 1.83 bits per heavy atom. The van der Waals surface area contributed by atoms with Crippen LogP contribution >= 0.6 is 11.6 Å². The Morgan fingerprint density at radius 3 is 3.17 bits per heavy atom. The lowest BCUT2D eigenvalue weighted by Gasteiger charge is -2.31. The lowest BCUT2D eigenvalue weighted by atomic mass is 10.3. The maximum Gasteiger partial charge on any atom is 0.249 e. The lowest BCUT2D eigenvalue weighted by Crippen LogP contribution is -2.52. The van der Waals surface area contributed by atoms with Gasteiger partial charge >= 0.3 is 0 Å². The van der Waals surface area contributed by atoms with Gasteiger partial charge in [0.2, 0.25) is 5.91 Å². The van der Waals surface area contributed by atoms with Crippen LogP contribution in [0.3, 0.4) is 0 Å². The molecule has 0 saturated carbocycles. The van der Waals surface area contributed by atoms with Gasteiger partial charge in [-0.05, 0) is 0 Å². The molecule has 1 saturated heterocycles. The van der Waals surface area contributed by atoms with Crippen LogP contribution in [0.1, 0.15) is 0 Å². The first-order chi connectivity index (χ1) is 5.75. The third kappa shape index (κ3) is 2.33. The third-order valence-electron chi connectivity index (χ3n) is 1.77. The Labute approximate surface area is 76.8 Å². The van der Waals surface area contributed by atoms with Gasteiger partial charge in [-0.1, -0.05) is 11.6 Å². The second-order valence-corrected chi connectivity index (χ2v) is 3.16. The molecule has 70 valence electrons. The average Bonchev–Trinajstić information content (AvgIpc) is 2.05. The molecule has 0 bridgehead atoms. The average molecular weight is 193 g/mol. The molecule has 1 amide bonds. The molecule has 0 aromatic heterocycles. The summed E-state index contributed by atoms with van der Waals surface area (Å²) < 4.78 is 4.73. The molecule has 0 radical (unpaired) electrons. The van der Waals surface area contributed by atoms with Crippen LogP contribution in [-0.2, 0) is 9.53 Å². The Balaban J connectivity index is 2.42. The highest BCUT2D eigenvalue weighted by Gasteiger charge is 2.23.